The summed E-state index contributed by atoms with van der Waals surface area (Å²) in [6, 6.07) is 25.5. The fourth-order valence-electron chi connectivity index (χ4n) is 4.79. The summed E-state index contributed by atoms with van der Waals surface area (Å²) >= 11 is 6.17. The molecule has 1 aliphatic rings. The first-order chi connectivity index (χ1) is 15.8. The Morgan fingerprint density at radius 2 is 1.59 bits per heavy atom. The van der Waals surface area contributed by atoms with E-state index >= 15 is 0 Å². The summed E-state index contributed by atoms with van der Waals surface area (Å²) in [5, 5.41) is 6.67. The zero-order chi connectivity index (χ0) is 21.5. The van der Waals surface area contributed by atoms with Crippen LogP contribution in [0.25, 0.3) is 44.5 Å². The average molecular weight is 439 g/mol. The lowest BCUT2D eigenvalue weighted by molar-refractivity contribution is 0.376. The van der Waals surface area contributed by atoms with E-state index in [9.17, 15) is 0 Å². The number of nitrogens with zero attached hydrogens (tertiary/aromatic N) is 3. The van der Waals surface area contributed by atoms with Crippen molar-refractivity contribution >= 4 is 33.5 Å². The number of rotatable bonds is 3. The van der Waals surface area contributed by atoms with Gasteiger partial charge in [-0.1, -0.05) is 48.0 Å². The predicted octanol–water partition coefficient (Wildman–Crippen LogP) is 6.50. The Morgan fingerprint density at radius 1 is 0.844 bits per heavy atom. The van der Waals surface area contributed by atoms with E-state index in [1.165, 1.54) is 10.8 Å². The molecule has 158 valence electrons. The standard InChI is InChI=1S/C27H23ClN4/c28-22-9-7-19(8-10-22)26-31-25-24(21-6-5-18-3-1-2-4-20(18)17-21)13-16-30-27(25)32(26)23-11-14-29-15-12-23/h1-10,13,16-17,23,29H,11-12,14-15H2. The second-order valence-corrected chi connectivity index (χ2v) is 8.82. The number of pyridine rings is 1. The number of imidazole rings is 1. The zero-order valence-electron chi connectivity index (χ0n) is 17.6. The first-order valence-corrected chi connectivity index (χ1v) is 11.5. The van der Waals surface area contributed by atoms with E-state index in [0.29, 0.717) is 6.04 Å². The summed E-state index contributed by atoms with van der Waals surface area (Å²) in [7, 11) is 0. The van der Waals surface area contributed by atoms with Crippen LogP contribution < -0.4 is 5.32 Å². The van der Waals surface area contributed by atoms with Crippen molar-refractivity contribution in [2.45, 2.75) is 18.9 Å². The quantitative estimate of drug-likeness (QED) is 0.349. The number of fused-ring (bicyclic) bond motifs is 2. The lowest BCUT2D eigenvalue weighted by atomic mass is 10.0. The molecule has 5 aromatic rings. The second-order valence-electron chi connectivity index (χ2n) is 8.39. The maximum Gasteiger partial charge on any atom is 0.161 e. The molecule has 5 heteroatoms. The van der Waals surface area contributed by atoms with Crippen LogP contribution in [0.2, 0.25) is 5.02 Å². The molecule has 1 N–H and O–H groups in total. The molecule has 3 aromatic carbocycles. The molecule has 0 bridgehead atoms. The van der Waals surface area contributed by atoms with Crippen molar-refractivity contribution < 1.29 is 0 Å². The van der Waals surface area contributed by atoms with Crippen LogP contribution >= 0.6 is 11.6 Å². The number of hydrogen-bond acceptors (Lipinski definition) is 3. The SMILES string of the molecule is Clc1ccc(-c2nc3c(-c4ccc5ccccc5c4)ccnc3n2C2CCNCC2)cc1. The first-order valence-electron chi connectivity index (χ1n) is 11.1. The van der Waals surface area contributed by atoms with Gasteiger partial charge in [0.2, 0.25) is 0 Å². The molecule has 0 amide bonds. The summed E-state index contributed by atoms with van der Waals surface area (Å²) in [5.41, 5.74) is 5.24. The van der Waals surface area contributed by atoms with Crippen LogP contribution in [-0.2, 0) is 0 Å². The highest BCUT2D eigenvalue weighted by Gasteiger charge is 2.24. The summed E-state index contributed by atoms with van der Waals surface area (Å²) in [5.74, 6) is 0.962. The highest BCUT2D eigenvalue weighted by Crippen LogP contribution is 2.36. The van der Waals surface area contributed by atoms with E-state index < -0.39 is 0 Å². The van der Waals surface area contributed by atoms with Gasteiger partial charge < -0.3 is 9.88 Å². The molecule has 0 saturated carbocycles. The second kappa shape index (κ2) is 8.05. The Hall–Kier alpha value is -3.21. The van der Waals surface area contributed by atoms with Gasteiger partial charge in [0.15, 0.2) is 5.65 Å². The fraction of sp³-hybridized carbons (Fsp3) is 0.185. The molecule has 0 aliphatic carbocycles. The molecule has 0 unspecified atom stereocenters. The van der Waals surface area contributed by atoms with Crippen LogP contribution in [-0.4, -0.2) is 27.6 Å². The van der Waals surface area contributed by atoms with E-state index in [4.69, 9.17) is 21.6 Å². The molecule has 2 aromatic heterocycles. The predicted molar refractivity (Wildman–Crippen MR) is 132 cm³/mol. The Morgan fingerprint density at radius 3 is 2.41 bits per heavy atom. The Bertz CT molecular complexity index is 1420. The minimum Gasteiger partial charge on any atom is -0.317 e. The number of nitrogens with one attached hydrogen (secondary N) is 1. The number of hydrogen-bond donors (Lipinski definition) is 1. The van der Waals surface area contributed by atoms with Crippen molar-refractivity contribution in [1.29, 1.82) is 0 Å². The van der Waals surface area contributed by atoms with Crippen LogP contribution in [0.5, 0.6) is 0 Å². The monoisotopic (exact) mass is 438 g/mol. The van der Waals surface area contributed by atoms with Crippen LogP contribution in [0, 0.1) is 0 Å². The highest BCUT2D eigenvalue weighted by atomic mass is 35.5. The maximum atomic E-state index is 6.17. The average Bonchev–Trinajstić information content (AvgIpc) is 3.24. The lowest BCUT2D eigenvalue weighted by Crippen LogP contribution is -2.29. The van der Waals surface area contributed by atoms with Gasteiger partial charge in [-0.15, -0.1) is 0 Å². The van der Waals surface area contributed by atoms with Crippen molar-refractivity contribution in [2.75, 3.05) is 13.1 Å². The highest BCUT2D eigenvalue weighted by molar-refractivity contribution is 6.30. The molecule has 3 heterocycles. The van der Waals surface area contributed by atoms with Crippen molar-refractivity contribution in [2.24, 2.45) is 0 Å². The van der Waals surface area contributed by atoms with Gasteiger partial charge in [-0.3, -0.25) is 0 Å². The van der Waals surface area contributed by atoms with Gasteiger partial charge in [0.25, 0.3) is 0 Å². The Balaban J connectivity index is 1.59. The molecule has 0 spiro atoms. The van der Waals surface area contributed by atoms with Crippen LogP contribution in [0.3, 0.4) is 0 Å². The van der Waals surface area contributed by atoms with Gasteiger partial charge in [0.05, 0.1) is 0 Å². The van der Waals surface area contributed by atoms with Gasteiger partial charge >= 0.3 is 0 Å². The van der Waals surface area contributed by atoms with Gasteiger partial charge in [-0.05, 0) is 78.7 Å². The van der Waals surface area contributed by atoms with Gasteiger partial charge in [0, 0.05) is 28.4 Å². The molecular formula is C27H23ClN4. The molecule has 0 atom stereocenters. The third kappa shape index (κ3) is 3.36. The van der Waals surface area contributed by atoms with E-state index in [1.807, 2.05) is 18.3 Å². The lowest BCUT2D eigenvalue weighted by Gasteiger charge is -2.26. The number of piperidine rings is 1. The van der Waals surface area contributed by atoms with Crippen LogP contribution in [0.15, 0.2) is 79.0 Å². The summed E-state index contributed by atoms with van der Waals surface area (Å²) < 4.78 is 2.35. The van der Waals surface area contributed by atoms with Crippen molar-refractivity contribution in [3.63, 3.8) is 0 Å². The van der Waals surface area contributed by atoms with E-state index in [0.717, 1.165) is 64.6 Å². The third-order valence-corrected chi connectivity index (χ3v) is 6.67. The minimum absolute atomic E-state index is 0.367. The van der Waals surface area contributed by atoms with Crippen LogP contribution in [0.4, 0.5) is 0 Å². The Labute approximate surface area is 191 Å². The molecule has 1 saturated heterocycles. The minimum atomic E-state index is 0.367. The van der Waals surface area contributed by atoms with Crippen molar-refractivity contribution in [3.05, 3.63) is 84.0 Å². The van der Waals surface area contributed by atoms with Crippen molar-refractivity contribution in [3.8, 4) is 22.5 Å². The summed E-state index contributed by atoms with van der Waals surface area (Å²) in [6.07, 6.45) is 4.04. The molecule has 6 rings (SSSR count). The summed E-state index contributed by atoms with van der Waals surface area (Å²) in [6.45, 7) is 2.02. The fourth-order valence-corrected chi connectivity index (χ4v) is 4.92. The first kappa shape index (κ1) is 19.5. The Kier molecular flexibility index (Phi) is 4.90. The van der Waals surface area contributed by atoms with Crippen molar-refractivity contribution in [1.82, 2.24) is 19.9 Å². The van der Waals surface area contributed by atoms with E-state index in [1.54, 1.807) is 0 Å². The van der Waals surface area contributed by atoms with Gasteiger partial charge in [0.1, 0.15) is 11.3 Å². The summed E-state index contributed by atoms with van der Waals surface area (Å²) in [4.78, 5) is 10.0. The molecule has 1 fully saturated rings. The molecule has 0 radical (unpaired) electrons. The third-order valence-electron chi connectivity index (χ3n) is 6.42. The van der Waals surface area contributed by atoms with E-state index in [-0.39, 0.29) is 0 Å². The number of halogens is 1. The smallest absolute Gasteiger partial charge is 0.161 e. The molecule has 4 nitrogen and oxygen atoms in total. The topological polar surface area (TPSA) is 42.7 Å². The molecule has 32 heavy (non-hydrogen) atoms. The molecular weight excluding hydrogens is 416 g/mol. The molecule has 1 aliphatic heterocycles. The van der Waals surface area contributed by atoms with Crippen LogP contribution in [0.1, 0.15) is 18.9 Å². The zero-order valence-corrected chi connectivity index (χ0v) is 18.4. The van der Waals surface area contributed by atoms with E-state index in [2.05, 4.69) is 70.5 Å². The number of aromatic nitrogens is 3. The van der Waals surface area contributed by atoms with Gasteiger partial charge in [-0.2, -0.15) is 0 Å². The van der Waals surface area contributed by atoms with Gasteiger partial charge in [-0.25, -0.2) is 9.97 Å². The number of benzene rings is 3. The normalized spacial score (nSPS) is 14.9. The largest absolute Gasteiger partial charge is 0.317 e. The maximum absolute atomic E-state index is 6.17.